The Labute approximate surface area is 376 Å². The third-order valence-corrected chi connectivity index (χ3v) is 12.0. The molecule has 0 saturated carbocycles. The molecule has 326 valence electrons. The molecule has 0 spiro atoms. The maximum absolute atomic E-state index is 9.11. The Hall–Kier alpha value is 1.68. The number of thioether (sulfide) groups is 2. The predicted octanol–water partition coefficient (Wildman–Crippen LogP) is 15.0. The molecule has 4 N–H and O–H groups in total. The van der Waals surface area contributed by atoms with E-state index in [2.05, 4.69) is 144 Å². The van der Waals surface area contributed by atoms with Gasteiger partial charge < -0.3 is 19.3 Å². The third-order valence-electron chi connectivity index (χ3n) is 9.87. The average molecular weight is 977 g/mol. The molecule has 0 amide bonds. The van der Waals surface area contributed by atoms with Crippen LogP contribution in [0.25, 0.3) is 0 Å². The minimum absolute atomic E-state index is 0.0637. The molecule has 2 radical (unpaired) electrons. The van der Waals surface area contributed by atoms with Crippen molar-refractivity contribution < 1.29 is 19.3 Å². The number of hydrogen-bond donors (Lipinski definition) is 4. The summed E-state index contributed by atoms with van der Waals surface area (Å²) in [5.74, 6) is 4.00. The van der Waals surface area contributed by atoms with Crippen molar-refractivity contribution in [3.8, 4) is 0 Å². The molecule has 4 nitrogen and oxygen atoms in total. The van der Waals surface area contributed by atoms with Crippen LogP contribution in [0.1, 0.15) is 172 Å². The maximum atomic E-state index is 9.11. The number of benzene rings is 1. The van der Waals surface area contributed by atoms with Crippen molar-refractivity contribution in [2.45, 2.75) is 171 Å². The zero-order valence-electron chi connectivity index (χ0n) is 38.5. The fourth-order valence-corrected chi connectivity index (χ4v) is 10.3. The number of halogens is 1. The van der Waals surface area contributed by atoms with E-state index < -0.39 is 0 Å². The van der Waals surface area contributed by atoms with Crippen molar-refractivity contribution in [1.82, 2.24) is 0 Å². The summed E-state index contributed by atoms with van der Waals surface area (Å²) in [6.45, 7) is 37.4. The fraction of sp³-hybridized carbons (Fsp3) is 0.864. The lowest BCUT2D eigenvalue weighted by molar-refractivity contribution is 0.144. The van der Waals surface area contributed by atoms with Crippen LogP contribution in [0.2, 0.25) is 0 Å². The topological polar surface area (TPSA) is 80.9 Å². The van der Waals surface area contributed by atoms with Crippen molar-refractivity contribution in [1.29, 1.82) is 0 Å². The summed E-state index contributed by atoms with van der Waals surface area (Å²) in [4.78, 5) is 0. The van der Waals surface area contributed by atoms with E-state index in [0.717, 1.165) is 59.9 Å². The van der Waals surface area contributed by atoms with Crippen LogP contribution in [0, 0.1) is 21.7 Å². The molecule has 0 aromatic heterocycles. The number of aliphatic hydroxyl groups excluding tert-OH is 2. The lowest BCUT2D eigenvalue weighted by atomic mass is 9.62. The van der Waals surface area contributed by atoms with Gasteiger partial charge in [-0.15, -0.1) is 6.10 Å². The van der Waals surface area contributed by atoms with Crippen LogP contribution < -0.4 is 0 Å². The Morgan fingerprint density at radius 1 is 0.527 bits per heavy atom. The molecule has 0 saturated heterocycles. The molecule has 0 fully saturated rings. The highest BCUT2D eigenvalue weighted by atomic mass is 127. The first-order valence-electron chi connectivity index (χ1n) is 20.0. The van der Waals surface area contributed by atoms with Crippen molar-refractivity contribution in [2.75, 3.05) is 48.7 Å². The Bertz CT molecular complexity index is 1030. The Balaban J connectivity index is -0.00000272. The van der Waals surface area contributed by atoms with Crippen LogP contribution in [0.3, 0.4) is 0 Å². The van der Waals surface area contributed by atoms with Gasteiger partial charge in [0, 0.05) is 24.0 Å². The first-order valence-corrected chi connectivity index (χ1v) is 28.8. The molecule has 1 aromatic rings. The van der Waals surface area contributed by atoms with Crippen molar-refractivity contribution in [3.05, 3.63) is 34.9 Å². The van der Waals surface area contributed by atoms with Gasteiger partial charge in [0.25, 0.3) is 0 Å². The van der Waals surface area contributed by atoms with Gasteiger partial charge in [0.1, 0.15) is 7.57 Å². The average Bonchev–Trinajstić information content (AvgIpc) is 2.99. The van der Waals surface area contributed by atoms with Crippen LogP contribution in [0.4, 0.5) is 0 Å². The Kier molecular flexibility index (Phi) is 33.1. The summed E-state index contributed by atoms with van der Waals surface area (Å²) in [5, 5.41) is 18.2. The zero-order chi connectivity index (χ0) is 43.8. The summed E-state index contributed by atoms with van der Waals surface area (Å²) in [5.41, 5.74) is 5.72. The van der Waals surface area contributed by atoms with Crippen molar-refractivity contribution >= 4 is 83.3 Å². The van der Waals surface area contributed by atoms with Gasteiger partial charge in [-0.3, -0.25) is 0 Å². The lowest BCUT2D eigenvalue weighted by Gasteiger charge is -2.42. The first-order chi connectivity index (χ1) is 25.0. The van der Waals surface area contributed by atoms with Crippen molar-refractivity contribution in [2.24, 2.45) is 21.7 Å². The molecule has 0 heterocycles. The molecule has 0 aliphatic rings. The van der Waals surface area contributed by atoms with Gasteiger partial charge >= 0.3 is 0 Å². The zero-order valence-corrected chi connectivity index (χ0v) is 44.9. The summed E-state index contributed by atoms with van der Waals surface area (Å²) in [6.07, 6.45) is 13.4. The Morgan fingerprint density at radius 2 is 0.800 bits per heavy atom. The van der Waals surface area contributed by atoms with E-state index in [1.807, 2.05) is 23.5 Å². The van der Waals surface area contributed by atoms with Gasteiger partial charge in [0.15, 0.2) is 0 Å². The van der Waals surface area contributed by atoms with Crippen LogP contribution in [0.5, 0.6) is 0 Å². The lowest BCUT2D eigenvalue weighted by Crippen LogP contribution is -2.33. The molecule has 1 unspecified atom stereocenters. The predicted molar refractivity (Wildman–Crippen MR) is 272 cm³/mol. The largest absolute Gasteiger partial charge is 0.396 e. The summed E-state index contributed by atoms with van der Waals surface area (Å²) >= 11 is 7.35. The van der Waals surface area contributed by atoms with E-state index in [1.54, 1.807) is 12.5 Å². The van der Waals surface area contributed by atoms with E-state index >= 15 is 0 Å². The van der Waals surface area contributed by atoms with Gasteiger partial charge in [-0.2, -0.15) is 23.5 Å². The highest BCUT2D eigenvalue weighted by Gasteiger charge is 2.38. The number of aliphatic hydroxyl groups is 2. The summed E-state index contributed by atoms with van der Waals surface area (Å²) in [6, 6.07) is 7.64. The number of hydrogen-bond acceptors (Lipinski definition) is 8. The molecular weight excluding hydrogens is 889 g/mol. The fourth-order valence-electron chi connectivity index (χ4n) is 8.97. The quantitative estimate of drug-likeness (QED) is 0.0301. The van der Waals surface area contributed by atoms with Crippen molar-refractivity contribution in [3.63, 3.8) is 0 Å². The van der Waals surface area contributed by atoms with Gasteiger partial charge in [-0.25, -0.2) is 0 Å². The minimum Gasteiger partial charge on any atom is -0.396 e. The molecule has 0 aliphatic carbocycles. The molecule has 0 bridgehead atoms. The van der Waals surface area contributed by atoms with Crippen LogP contribution in [-0.4, -0.2) is 75.6 Å². The van der Waals surface area contributed by atoms with E-state index in [4.69, 9.17) is 26.9 Å². The first kappa shape index (κ1) is 61.0. The highest BCUT2D eigenvalue weighted by molar-refractivity contribution is 14.2. The van der Waals surface area contributed by atoms with Gasteiger partial charge in [-0.1, -0.05) is 144 Å². The smallest absolute Gasteiger partial charge is 0.118 e. The summed E-state index contributed by atoms with van der Waals surface area (Å²) in [7, 11) is 4.86. The monoisotopic (exact) mass is 976 g/mol. The third kappa shape index (κ3) is 31.2. The molecule has 1 aromatic carbocycles. The minimum atomic E-state index is 0.0637. The van der Waals surface area contributed by atoms with Crippen LogP contribution in [0.15, 0.2) is 18.2 Å². The standard InChI is InChI=1S/C42H78O2S2.2CH4OS.BHIP/c1-36(2,3)33-26-34(41(12,13)31-39(8,9)29-37(4,5)18-16-22-45-24-20-43)28-35(27-33)42(14,15)32-40(10,11)30-38(6,7)19-17-23-46-25-21-44;3*1-3-2/h26-28,43-44H,16-25,29-32H2,1-15H3;2*2H,1H3;3H. The molecule has 1 rings (SSSR count). The van der Waals surface area contributed by atoms with E-state index in [-0.39, 0.29) is 40.3 Å². The molecular formula is C44H87BIO4PS4. The van der Waals surface area contributed by atoms with Crippen LogP contribution in [-0.2, 0) is 16.2 Å². The Morgan fingerprint density at radius 3 is 1.05 bits per heavy atom. The molecule has 0 aliphatic heterocycles. The number of rotatable bonds is 22. The SMILES string of the molecule is CC(C)(CCCSCCO)CC(C)(C)CC(C)(C)c1cc(C(C)(C)C)cc(C(C)(C)CC(C)(C)CC(C)(C)CCCSCCO)c1.CSO.CSO.[B]PI. The second-order valence-electron chi connectivity index (χ2n) is 20.5. The second kappa shape index (κ2) is 29.9. The highest BCUT2D eigenvalue weighted by Crippen LogP contribution is 2.48. The molecule has 11 heteroatoms. The van der Waals surface area contributed by atoms with Gasteiger partial charge in [-0.05, 0) is 142 Å². The maximum Gasteiger partial charge on any atom is 0.118 e. The van der Waals surface area contributed by atoms with E-state index in [9.17, 15) is 0 Å². The van der Waals surface area contributed by atoms with Crippen LogP contribution >= 0.6 is 75.8 Å². The van der Waals surface area contributed by atoms with Gasteiger partial charge in [0.2, 0.25) is 0 Å². The second-order valence-corrected chi connectivity index (χ2v) is 25.8. The van der Waals surface area contributed by atoms with E-state index in [0.29, 0.717) is 16.9 Å². The summed E-state index contributed by atoms with van der Waals surface area (Å²) < 4.78 is 15.0. The normalized spacial score (nSPS) is 13.1. The molecule has 1 atom stereocenters. The van der Waals surface area contributed by atoms with E-state index in [1.165, 1.54) is 55.2 Å². The van der Waals surface area contributed by atoms with Gasteiger partial charge in [0.05, 0.1) is 13.2 Å². The molecule has 55 heavy (non-hydrogen) atoms.